The van der Waals surface area contributed by atoms with Crippen molar-refractivity contribution >= 4 is 11.9 Å². The Balaban J connectivity index is 2.13. The molecule has 6 nitrogen and oxygen atoms in total. The average molecular weight is 216 g/mol. The first-order chi connectivity index (χ1) is 7.13. The Labute approximate surface area is 88.3 Å². The van der Waals surface area contributed by atoms with E-state index in [4.69, 9.17) is 4.74 Å². The molecule has 0 aromatic heterocycles. The number of carbonyl (C=O) groups is 2. The highest BCUT2D eigenvalue weighted by atomic mass is 16.5. The second-order valence-electron chi connectivity index (χ2n) is 3.40. The minimum atomic E-state index is -0.634. The molecule has 0 aromatic carbocycles. The van der Waals surface area contributed by atoms with Gasteiger partial charge in [0.15, 0.2) is 0 Å². The summed E-state index contributed by atoms with van der Waals surface area (Å²) < 4.78 is 9.69. The summed E-state index contributed by atoms with van der Waals surface area (Å²) >= 11 is 0. The Morgan fingerprint density at radius 3 is 2.67 bits per heavy atom. The number of rotatable bonds is 5. The lowest BCUT2D eigenvalue weighted by Crippen LogP contribution is -2.50. The van der Waals surface area contributed by atoms with E-state index in [2.05, 4.69) is 15.4 Å². The maximum absolute atomic E-state index is 11.3. The van der Waals surface area contributed by atoms with E-state index in [0.717, 1.165) is 13.1 Å². The maximum Gasteiger partial charge on any atom is 0.328 e. The molecule has 0 aliphatic carbocycles. The molecule has 0 aromatic rings. The third kappa shape index (κ3) is 3.85. The predicted octanol–water partition coefficient (Wildman–Crippen LogP) is -1.35. The van der Waals surface area contributed by atoms with Gasteiger partial charge in [-0.15, -0.1) is 0 Å². The molecular formula is C9H16N2O4. The Morgan fingerprint density at radius 1 is 1.53 bits per heavy atom. The summed E-state index contributed by atoms with van der Waals surface area (Å²) in [6.07, 6.45) is 0.115. The van der Waals surface area contributed by atoms with E-state index in [1.165, 1.54) is 7.11 Å². The summed E-state index contributed by atoms with van der Waals surface area (Å²) in [5.41, 5.74) is 0. The molecule has 15 heavy (non-hydrogen) atoms. The molecular weight excluding hydrogens is 200 g/mol. The molecule has 0 spiro atoms. The molecule has 0 saturated carbocycles. The van der Waals surface area contributed by atoms with Crippen molar-refractivity contribution in [1.82, 2.24) is 10.6 Å². The quantitative estimate of drug-likeness (QED) is 0.556. The number of ether oxygens (including phenoxy) is 2. The highest BCUT2D eigenvalue weighted by molar-refractivity contribution is 5.84. The van der Waals surface area contributed by atoms with Gasteiger partial charge in [-0.1, -0.05) is 0 Å². The van der Waals surface area contributed by atoms with Crippen molar-refractivity contribution in [1.29, 1.82) is 0 Å². The van der Waals surface area contributed by atoms with E-state index < -0.39 is 12.0 Å². The summed E-state index contributed by atoms with van der Waals surface area (Å²) in [6, 6.07) is -0.634. The highest BCUT2D eigenvalue weighted by Gasteiger charge is 2.20. The molecule has 0 bridgehead atoms. The van der Waals surface area contributed by atoms with Crippen LogP contribution in [-0.2, 0) is 19.1 Å². The number of carbonyl (C=O) groups excluding carboxylic acids is 2. The standard InChI is InChI=1S/C9H16N2O4/c1-6(9(13)14-2)11-8(12)5-15-7-3-10-4-7/h6-7,10H,3-5H2,1-2H3,(H,11,12). The van der Waals surface area contributed by atoms with Crippen molar-refractivity contribution in [3.05, 3.63) is 0 Å². The van der Waals surface area contributed by atoms with Gasteiger partial charge in [0.1, 0.15) is 12.6 Å². The van der Waals surface area contributed by atoms with Gasteiger partial charge in [0, 0.05) is 13.1 Å². The first-order valence-corrected chi connectivity index (χ1v) is 4.83. The summed E-state index contributed by atoms with van der Waals surface area (Å²) in [5, 5.41) is 5.50. The zero-order valence-electron chi connectivity index (χ0n) is 8.91. The number of methoxy groups -OCH3 is 1. The molecule has 1 saturated heterocycles. The number of esters is 1. The SMILES string of the molecule is COC(=O)C(C)NC(=O)COC1CNC1. The number of amides is 1. The van der Waals surface area contributed by atoms with Crippen LogP contribution in [0.2, 0.25) is 0 Å². The van der Waals surface area contributed by atoms with Crippen LogP contribution in [0.3, 0.4) is 0 Å². The molecule has 2 N–H and O–H groups in total. The van der Waals surface area contributed by atoms with Gasteiger partial charge in [0.2, 0.25) is 5.91 Å². The number of hydrogen-bond donors (Lipinski definition) is 2. The molecule has 1 heterocycles. The Morgan fingerprint density at radius 2 is 2.20 bits per heavy atom. The molecule has 1 amide bonds. The molecule has 1 rings (SSSR count). The van der Waals surface area contributed by atoms with Gasteiger partial charge < -0.3 is 20.1 Å². The lowest BCUT2D eigenvalue weighted by molar-refractivity contribution is -0.145. The summed E-state index contributed by atoms with van der Waals surface area (Å²) in [7, 11) is 1.28. The van der Waals surface area contributed by atoms with Crippen LogP contribution in [0.25, 0.3) is 0 Å². The third-order valence-corrected chi connectivity index (χ3v) is 2.13. The minimum Gasteiger partial charge on any atom is -0.467 e. The van der Waals surface area contributed by atoms with Gasteiger partial charge >= 0.3 is 5.97 Å². The van der Waals surface area contributed by atoms with Crippen LogP contribution in [-0.4, -0.2) is 50.8 Å². The Hall–Kier alpha value is -1.14. The fourth-order valence-electron chi connectivity index (χ4n) is 1.09. The summed E-state index contributed by atoms with van der Waals surface area (Å²) in [5.74, 6) is -0.770. The predicted molar refractivity (Wildman–Crippen MR) is 52.2 cm³/mol. The van der Waals surface area contributed by atoms with Gasteiger partial charge in [-0.05, 0) is 6.92 Å². The zero-order chi connectivity index (χ0) is 11.3. The second kappa shape index (κ2) is 5.67. The highest BCUT2D eigenvalue weighted by Crippen LogP contribution is 1.97. The van der Waals surface area contributed by atoms with E-state index in [1.54, 1.807) is 6.92 Å². The Bertz CT molecular complexity index is 240. The zero-order valence-corrected chi connectivity index (χ0v) is 8.91. The van der Waals surface area contributed by atoms with E-state index in [0.29, 0.717) is 0 Å². The van der Waals surface area contributed by atoms with E-state index in [9.17, 15) is 9.59 Å². The van der Waals surface area contributed by atoms with Gasteiger partial charge in [-0.3, -0.25) is 4.79 Å². The smallest absolute Gasteiger partial charge is 0.328 e. The van der Waals surface area contributed by atoms with Crippen molar-refractivity contribution in [3.8, 4) is 0 Å². The van der Waals surface area contributed by atoms with Crippen molar-refractivity contribution < 1.29 is 19.1 Å². The topological polar surface area (TPSA) is 76.7 Å². The van der Waals surface area contributed by atoms with Crippen LogP contribution in [0.15, 0.2) is 0 Å². The molecule has 0 radical (unpaired) electrons. The second-order valence-corrected chi connectivity index (χ2v) is 3.40. The minimum absolute atomic E-state index is 0.0202. The van der Waals surface area contributed by atoms with E-state index in [-0.39, 0.29) is 18.6 Å². The van der Waals surface area contributed by atoms with Crippen molar-refractivity contribution in [2.24, 2.45) is 0 Å². The summed E-state index contributed by atoms with van der Waals surface area (Å²) in [4.78, 5) is 22.2. The van der Waals surface area contributed by atoms with E-state index >= 15 is 0 Å². The molecule has 1 aliphatic heterocycles. The normalized spacial score (nSPS) is 17.7. The number of nitrogens with one attached hydrogen (secondary N) is 2. The summed E-state index contributed by atoms with van der Waals surface area (Å²) in [6.45, 7) is 3.10. The van der Waals surface area contributed by atoms with Crippen LogP contribution in [0.4, 0.5) is 0 Å². The van der Waals surface area contributed by atoms with Gasteiger partial charge in [0.25, 0.3) is 0 Å². The molecule has 6 heteroatoms. The Kier molecular flexibility index (Phi) is 4.51. The number of hydrogen-bond acceptors (Lipinski definition) is 5. The lowest BCUT2D eigenvalue weighted by atomic mass is 10.2. The van der Waals surface area contributed by atoms with Crippen LogP contribution in [0, 0.1) is 0 Å². The first kappa shape index (κ1) is 11.9. The van der Waals surface area contributed by atoms with Gasteiger partial charge in [-0.2, -0.15) is 0 Å². The molecule has 1 aliphatic rings. The fourth-order valence-corrected chi connectivity index (χ4v) is 1.09. The van der Waals surface area contributed by atoms with Gasteiger partial charge in [-0.25, -0.2) is 4.79 Å². The molecule has 1 atom stereocenters. The molecule has 86 valence electrons. The van der Waals surface area contributed by atoms with Gasteiger partial charge in [0.05, 0.1) is 13.2 Å². The van der Waals surface area contributed by atoms with Crippen molar-refractivity contribution in [2.75, 3.05) is 26.8 Å². The van der Waals surface area contributed by atoms with Crippen LogP contribution in [0.1, 0.15) is 6.92 Å². The van der Waals surface area contributed by atoms with Crippen LogP contribution in [0.5, 0.6) is 0 Å². The molecule has 1 unspecified atom stereocenters. The van der Waals surface area contributed by atoms with Crippen LogP contribution >= 0.6 is 0 Å². The maximum atomic E-state index is 11.3. The largest absolute Gasteiger partial charge is 0.467 e. The van der Waals surface area contributed by atoms with Crippen molar-refractivity contribution in [3.63, 3.8) is 0 Å². The first-order valence-electron chi connectivity index (χ1n) is 4.83. The monoisotopic (exact) mass is 216 g/mol. The average Bonchev–Trinajstić information content (AvgIpc) is 2.14. The van der Waals surface area contributed by atoms with Crippen molar-refractivity contribution in [2.45, 2.75) is 19.1 Å². The lowest BCUT2D eigenvalue weighted by Gasteiger charge is -2.26. The fraction of sp³-hybridized carbons (Fsp3) is 0.778. The van der Waals surface area contributed by atoms with Crippen LogP contribution < -0.4 is 10.6 Å². The third-order valence-electron chi connectivity index (χ3n) is 2.13. The molecule has 1 fully saturated rings. The van der Waals surface area contributed by atoms with E-state index in [1.807, 2.05) is 0 Å².